The van der Waals surface area contributed by atoms with Crippen molar-refractivity contribution in [1.29, 1.82) is 0 Å². The molecule has 0 aliphatic carbocycles. The van der Waals surface area contributed by atoms with Gasteiger partial charge in [-0.25, -0.2) is 0 Å². The second kappa shape index (κ2) is 11.8. The highest BCUT2D eigenvalue weighted by atomic mass is 32.1. The van der Waals surface area contributed by atoms with Gasteiger partial charge in [-0.3, -0.25) is 4.79 Å². The first kappa shape index (κ1) is 26.0. The Morgan fingerprint density at radius 3 is 2.33 bits per heavy atom. The third kappa shape index (κ3) is 5.94. The van der Waals surface area contributed by atoms with Gasteiger partial charge in [0.2, 0.25) is 4.96 Å². The molecular formula is C30H27N3O5S. The zero-order chi connectivity index (χ0) is 27.2. The number of hydrogen-bond donors (Lipinski definition) is 0. The molecule has 0 amide bonds. The second-order valence-corrected chi connectivity index (χ2v) is 9.45. The van der Waals surface area contributed by atoms with Crippen molar-refractivity contribution in [3.63, 3.8) is 0 Å². The third-order valence-corrected chi connectivity index (χ3v) is 6.79. The van der Waals surface area contributed by atoms with Gasteiger partial charge in [0.1, 0.15) is 6.61 Å². The minimum absolute atomic E-state index is 0.226. The molecule has 0 aliphatic heterocycles. The molecule has 0 fully saturated rings. The van der Waals surface area contributed by atoms with Gasteiger partial charge in [-0.1, -0.05) is 59.9 Å². The van der Waals surface area contributed by atoms with Crippen LogP contribution >= 0.6 is 11.3 Å². The average molecular weight is 542 g/mol. The maximum Gasteiger partial charge on any atom is 0.291 e. The summed E-state index contributed by atoms with van der Waals surface area (Å²) in [6.45, 7) is 2.85. The van der Waals surface area contributed by atoms with Crippen LogP contribution in [0.1, 0.15) is 29.4 Å². The molecule has 5 aromatic rings. The van der Waals surface area contributed by atoms with E-state index in [1.165, 1.54) is 15.9 Å². The van der Waals surface area contributed by atoms with Crippen LogP contribution < -0.4 is 29.0 Å². The highest BCUT2D eigenvalue weighted by Gasteiger charge is 2.11. The van der Waals surface area contributed by atoms with Gasteiger partial charge in [-0.2, -0.15) is 9.50 Å². The number of fused-ring (bicyclic) bond motifs is 1. The molecular weight excluding hydrogens is 514 g/mol. The summed E-state index contributed by atoms with van der Waals surface area (Å²) in [5.41, 5.74) is 2.55. The molecule has 0 radical (unpaired) electrons. The van der Waals surface area contributed by atoms with Gasteiger partial charge in [0, 0.05) is 0 Å². The predicted molar refractivity (Wildman–Crippen MR) is 153 cm³/mol. The molecule has 39 heavy (non-hydrogen) atoms. The molecule has 0 saturated heterocycles. The first-order valence-electron chi connectivity index (χ1n) is 12.3. The number of nitrogens with zero attached hydrogens (tertiary/aromatic N) is 3. The molecule has 2 aromatic heterocycles. The summed E-state index contributed by atoms with van der Waals surface area (Å²) in [6, 6.07) is 21.2. The molecule has 3 aromatic carbocycles. The fourth-order valence-electron chi connectivity index (χ4n) is 3.94. The van der Waals surface area contributed by atoms with Crippen molar-refractivity contribution in [1.82, 2.24) is 14.6 Å². The first-order chi connectivity index (χ1) is 19.1. The van der Waals surface area contributed by atoms with E-state index in [-0.39, 0.29) is 5.56 Å². The molecule has 0 bridgehead atoms. The average Bonchev–Trinajstić information content (AvgIpc) is 3.50. The number of rotatable bonds is 10. The Hall–Kier alpha value is -4.63. The van der Waals surface area contributed by atoms with Crippen LogP contribution in [0.2, 0.25) is 0 Å². The minimum Gasteiger partial charge on any atom is -0.493 e. The molecule has 0 saturated carbocycles. The van der Waals surface area contributed by atoms with Crippen molar-refractivity contribution >= 4 is 34.5 Å². The summed E-state index contributed by atoms with van der Waals surface area (Å²) in [4.78, 5) is 18.1. The van der Waals surface area contributed by atoms with Crippen LogP contribution in [0.4, 0.5) is 0 Å². The Balaban J connectivity index is 1.37. The smallest absolute Gasteiger partial charge is 0.291 e. The number of hydrogen-bond acceptors (Lipinski definition) is 8. The molecule has 198 valence electrons. The van der Waals surface area contributed by atoms with E-state index in [4.69, 9.17) is 18.9 Å². The maximum absolute atomic E-state index is 13.0. The van der Waals surface area contributed by atoms with Gasteiger partial charge >= 0.3 is 0 Å². The molecule has 0 N–H and O–H groups in total. The van der Waals surface area contributed by atoms with Crippen molar-refractivity contribution in [2.75, 3.05) is 20.8 Å². The van der Waals surface area contributed by atoms with Crippen molar-refractivity contribution in [2.45, 2.75) is 13.5 Å². The number of aromatic nitrogens is 3. The van der Waals surface area contributed by atoms with Gasteiger partial charge in [0.25, 0.3) is 5.56 Å². The van der Waals surface area contributed by atoms with E-state index in [2.05, 4.69) is 10.1 Å². The summed E-state index contributed by atoms with van der Waals surface area (Å²) >= 11 is 1.28. The lowest BCUT2D eigenvalue weighted by atomic mass is 10.2. The van der Waals surface area contributed by atoms with E-state index < -0.39 is 0 Å². The van der Waals surface area contributed by atoms with Crippen LogP contribution in [-0.4, -0.2) is 35.4 Å². The van der Waals surface area contributed by atoms with Gasteiger partial charge in [-0.15, -0.1) is 5.10 Å². The molecule has 8 nitrogen and oxygen atoms in total. The van der Waals surface area contributed by atoms with Gasteiger partial charge < -0.3 is 18.9 Å². The lowest BCUT2D eigenvalue weighted by molar-refractivity contribution is 0.269. The topological polar surface area (TPSA) is 84.2 Å². The van der Waals surface area contributed by atoms with Crippen LogP contribution in [0.5, 0.6) is 23.0 Å². The Labute approximate surface area is 229 Å². The van der Waals surface area contributed by atoms with E-state index in [0.717, 1.165) is 16.7 Å². The fourth-order valence-corrected chi connectivity index (χ4v) is 4.85. The monoisotopic (exact) mass is 541 g/mol. The second-order valence-electron chi connectivity index (χ2n) is 8.44. The van der Waals surface area contributed by atoms with E-state index in [9.17, 15) is 4.79 Å². The molecule has 5 rings (SSSR count). The Morgan fingerprint density at radius 2 is 1.59 bits per heavy atom. The molecule has 0 unspecified atom stereocenters. The maximum atomic E-state index is 13.0. The Kier molecular flexibility index (Phi) is 7.88. The van der Waals surface area contributed by atoms with Crippen LogP contribution in [0.3, 0.4) is 0 Å². The van der Waals surface area contributed by atoms with E-state index in [0.29, 0.717) is 51.5 Å². The number of ether oxygens (including phenoxy) is 4. The van der Waals surface area contributed by atoms with Gasteiger partial charge in [-0.05, 0) is 60.0 Å². The summed E-state index contributed by atoms with van der Waals surface area (Å²) < 4.78 is 24.3. The van der Waals surface area contributed by atoms with Gasteiger partial charge in [0.05, 0.1) is 25.4 Å². The molecule has 0 spiro atoms. The first-order valence-corrected chi connectivity index (χ1v) is 13.1. The van der Waals surface area contributed by atoms with Crippen molar-refractivity contribution in [2.24, 2.45) is 0 Å². The number of thiazole rings is 1. The Bertz CT molecular complexity index is 1730. The quantitative estimate of drug-likeness (QED) is 0.250. The van der Waals surface area contributed by atoms with Crippen molar-refractivity contribution < 1.29 is 18.9 Å². The molecule has 0 aliphatic rings. The van der Waals surface area contributed by atoms with Crippen LogP contribution in [0.15, 0.2) is 71.5 Å². The zero-order valence-corrected chi connectivity index (χ0v) is 22.6. The van der Waals surface area contributed by atoms with E-state index in [1.807, 2.05) is 85.8 Å². The molecule has 2 heterocycles. The normalized spacial score (nSPS) is 11.8. The number of methoxy groups -OCH3 is 2. The standard InChI is InChI=1S/C30H27N3O5S/c1-4-37-26-17-22(11-14-24(26)38-19-21-8-6-5-7-9-21)18-27-29(34)33-30(39-27)31-28(32-33)15-12-20-10-13-23(35-2)25(16-20)36-3/h5-18H,4,19H2,1-3H3/b15-12+,27-18-. The van der Waals surface area contributed by atoms with E-state index in [1.54, 1.807) is 20.3 Å². The minimum atomic E-state index is -0.226. The summed E-state index contributed by atoms with van der Waals surface area (Å²) in [7, 11) is 3.18. The van der Waals surface area contributed by atoms with Crippen LogP contribution in [0, 0.1) is 0 Å². The summed E-state index contributed by atoms with van der Waals surface area (Å²) in [5.74, 6) is 2.99. The zero-order valence-electron chi connectivity index (χ0n) is 21.8. The SMILES string of the molecule is CCOc1cc(/C=c2\sc3nc(/C=C/c4ccc(OC)c(OC)c4)nn3c2=O)ccc1OCc1ccccc1. The van der Waals surface area contributed by atoms with Crippen LogP contribution in [-0.2, 0) is 6.61 Å². The highest BCUT2D eigenvalue weighted by molar-refractivity contribution is 7.15. The van der Waals surface area contributed by atoms with Crippen molar-refractivity contribution in [3.05, 3.63) is 104 Å². The largest absolute Gasteiger partial charge is 0.493 e. The van der Waals surface area contributed by atoms with Crippen LogP contribution in [0.25, 0.3) is 23.2 Å². The molecule has 9 heteroatoms. The van der Waals surface area contributed by atoms with Gasteiger partial charge in [0.15, 0.2) is 28.8 Å². The number of benzene rings is 3. The van der Waals surface area contributed by atoms with Crippen molar-refractivity contribution in [3.8, 4) is 23.0 Å². The molecule has 0 atom stereocenters. The third-order valence-electron chi connectivity index (χ3n) is 5.83. The highest BCUT2D eigenvalue weighted by Crippen LogP contribution is 2.30. The fraction of sp³-hybridized carbons (Fsp3) is 0.167. The summed E-state index contributed by atoms with van der Waals surface area (Å²) in [6.07, 6.45) is 5.42. The summed E-state index contributed by atoms with van der Waals surface area (Å²) in [5, 5.41) is 4.38. The predicted octanol–water partition coefficient (Wildman–Crippen LogP) is 4.86. The van der Waals surface area contributed by atoms with E-state index >= 15 is 0 Å². The Morgan fingerprint density at radius 1 is 0.846 bits per heavy atom. The lowest BCUT2D eigenvalue weighted by Crippen LogP contribution is -2.23. The lowest BCUT2D eigenvalue weighted by Gasteiger charge is -2.12.